The van der Waals surface area contributed by atoms with Crippen LogP contribution in [-0.2, 0) is 0 Å². The van der Waals surface area contributed by atoms with Crippen molar-refractivity contribution in [1.29, 1.82) is 0 Å². The number of para-hydroxylation sites is 2. The normalized spacial score (nSPS) is 11.6. The number of rotatable bonds is 3. The van der Waals surface area contributed by atoms with Gasteiger partial charge >= 0.3 is 0 Å². The Morgan fingerprint density at radius 2 is 0.918 bits per heavy atom. The van der Waals surface area contributed by atoms with Gasteiger partial charge in [-0.1, -0.05) is 66.7 Å². The molecule has 49 heavy (non-hydrogen) atoms. The van der Waals surface area contributed by atoms with Crippen molar-refractivity contribution in [3.63, 3.8) is 0 Å². The van der Waals surface area contributed by atoms with Crippen molar-refractivity contribution in [2.75, 3.05) is 0 Å². The minimum Gasteiger partial charge on any atom is -0.309 e. The van der Waals surface area contributed by atoms with Gasteiger partial charge in [0.1, 0.15) is 0 Å². The monoisotopic (exact) mass is 640 g/mol. The molecule has 5 heteroatoms. The molecule has 0 saturated carbocycles. The smallest absolute Gasteiger partial charge is 0.188 e. The maximum Gasteiger partial charge on any atom is 0.188 e. The van der Waals surface area contributed by atoms with Gasteiger partial charge < -0.3 is 9.13 Å². The van der Waals surface area contributed by atoms with E-state index in [4.69, 9.17) is 13.1 Å². The van der Waals surface area contributed by atoms with Gasteiger partial charge in [0.2, 0.25) is 0 Å². The summed E-state index contributed by atoms with van der Waals surface area (Å²) in [6.45, 7) is 15.2. The Labute approximate surface area is 285 Å². The minimum absolute atomic E-state index is 0.589. The van der Waals surface area contributed by atoms with E-state index in [0.717, 1.165) is 44.3 Å². The van der Waals surface area contributed by atoms with Gasteiger partial charge in [-0.2, -0.15) is 0 Å². The highest BCUT2D eigenvalue weighted by Gasteiger charge is 2.16. The maximum absolute atomic E-state index is 7.58. The molecular formula is C44H24N4S. The van der Waals surface area contributed by atoms with Gasteiger partial charge in [0.05, 0.1) is 35.2 Å². The zero-order valence-electron chi connectivity index (χ0n) is 26.1. The van der Waals surface area contributed by atoms with E-state index in [0.29, 0.717) is 11.4 Å². The van der Waals surface area contributed by atoms with Crippen molar-refractivity contribution < 1.29 is 0 Å². The molecule has 10 aromatic rings. The summed E-state index contributed by atoms with van der Waals surface area (Å²) in [6, 6.07) is 51.3. The topological polar surface area (TPSA) is 18.6 Å². The van der Waals surface area contributed by atoms with Crippen LogP contribution in [0.15, 0.2) is 146 Å². The molecule has 0 atom stereocenters. The Bertz CT molecular complexity index is 2960. The molecule has 0 unspecified atom stereocenters. The lowest BCUT2D eigenvalue weighted by Crippen LogP contribution is -1.94. The molecule has 0 amide bonds. The van der Waals surface area contributed by atoms with E-state index in [1.807, 2.05) is 47.7 Å². The molecule has 3 heterocycles. The van der Waals surface area contributed by atoms with Crippen LogP contribution in [0.1, 0.15) is 0 Å². The fourth-order valence-electron chi connectivity index (χ4n) is 7.53. The standard InChI is InChI=1S/C44H24N4S/c1-45-29-15-18-41-35(24-29)36-25-30(46-2)16-19-42(36)47(41)31-9-7-8-27(22-31)28-14-20-43-37(23-28)38-26-32(17-21-44(38)49-43)48-39-12-5-3-10-33(39)34-11-4-6-13-40(34)48/h3-26H. The summed E-state index contributed by atoms with van der Waals surface area (Å²) in [5.41, 5.74) is 10.1. The van der Waals surface area contributed by atoms with Crippen molar-refractivity contribution in [3.8, 4) is 22.5 Å². The minimum atomic E-state index is 0.589. The van der Waals surface area contributed by atoms with Crippen LogP contribution in [0.4, 0.5) is 11.4 Å². The van der Waals surface area contributed by atoms with Crippen molar-refractivity contribution in [1.82, 2.24) is 9.13 Å². The van der Waals surface area contributed by atoms with Crippen molar-refractivity contribution >= 4 is 86.5 Å². The number of aromatic nitrogens is 2. The Kier molecular flexibility index (Phi) is 5.84. The molecule has 0 aliphatic rings. The molecular weight excluding hydrogens is 617 g/mol. The highest BCUT2D eigenvalue weighted by molar-refractivity contribution is 7.25. The van der Waals surface area contributed by atoms with Crippen LogP contribution in [0, 0.1) is 13.1 Å². The van der Waals surface area contributed by atoms with E-state index in [1.165, 1.54) is 42.0 Å². The number of nitrogens with zero attached hydrogens (tertiary/aromatic N) is 4. The number of fused-ring (bicyclic) bond motifs is 9. The molecule has 0 bridgehead atoms. The largest absolute Gasteiger partial charge is 0.309 e. The summed E-state index contributed by atoms with van der Waals surface area (Å²) in [5.74, 6) is 0. The number of hydrogen-bond acceptors (Lipinski definition) is 1. The van der Waals surface area contributed by atoms with E-state index < -0.39 is 0 Å². The lowest BCUT2D eigenvalue weighted by atomic mass is 10.0. The Morgan fingerprint density at radius 3 is 1.55 bits per heavy atom. The van der Waals surface area contributed by atoms with Gasteiger partial charge in [0.15, 0.2) is 11.4 Å². The highest BCUT2D eigenvalue weighted by Crippen LogP contribution is 2.41. The number of thiophene rings is 1. The number of hydrogen-bond donors (Lipinski definition) is 0. The lowest BCUT2D eigenvalue weighted by molar-refractivity contribution is 1.18. The molecule has 4 nitrogen and oxygen atoms in total. The van der Waals surface area contributed by atoms with Crippen LogP contribution in [0.5, 0.6) is 0 Å². The molecule has 0 aliphatic heterocycles. The van der Waals surface area contributed by atoms with Gasteiger partial charge in [0, 0.05) is 42.3 Å². The molecule has 10 rings (SSSR count). The van der Waals surface area contributed by atoms with Crippen molar-refractivity contribution in [2.24, 2.45) is 0 Å². The summed E-state index contributed by atoms with van der Waals surface area (Å²) in [6.07, 6.45) is 0. The third-order valence-electron chi connectivity index (χ3n) is 9.72. The maximum atomic E-state index is 7.58. The molecule has 0 N–H and O–H groups in total. The van der Waals surface area contributed by atoms with E-state index >= 15 is 0 Å². The summed E-state index contributed by atoms with van der Waals surface area (Å²) in [5, 5.41) is 6.98. The van der Waals surface area contributed by atoms with Crippen LogP contribution >= 0.6 is 11.3 Å². The highest BCUT2D eigenvalue weighted by atomic mass is 32.1. The summed E-state index contributed by atoms with van der Waals surface area (Å²) in [7, 11) is 0. The molecule has 226 valence electrons. The quantitative estimate of drug-likeness (QED) is 0.171. The first-order chi connectivity index (χ1) is 24.2. The Hall–Kier alpha value is -6.66. The van der Waals surface area contributed by atoms with E-state index in [9.17, 15) is 0 Å². The third-order valence-corrected chi connectivity index (χ3v) is 10.9. The number of benzene rings is 7. The van der Waals surface area contributed by atoms with Crippen LogP contribution in [0.3, 0.4) is 0 Å². The lowest BCUT2D eigenvalue weighted by Gasteiger charge is -2.11. The van der Waals surface area contributed by atoms with Gasteiger partial charge in [-0.15, -0.1) is 11.3 Å². The average Bonchev–Trinajstić information content (AvgIpc) is 3.81. The molecule has 3 aromatic heterocycles. The summed E-state index contributed by atoms with van der Waals surface area (Å²) in [4.78, 5) is 7.35. The summed E-state index contributed by atoms with van der Waals surface area (Å²) >= 11 is 1.83. The van der Waals surface area contributed by atoms with Crippen molar-refractivity contribution in [2.45, 2.75) is 0 Å². The average molecular weight is 641 g/mol. The van der Waals surface area contributed by atoms with E-state index in [-0.39, 0.29) is 0 Å². The molecule has 0 spiro atoms. The predicted molar refractivity (Wildman–Crippen MR) is 206 cm³/mol. The second-order valence-electron chi connectivity index (χ2n) is 12.4. The van der Waals surface area contributed by atoms with E-state index in [1.54, 1.807) is 0 Å². The predicted octanol–water partition coefficient (Wildman–Crippen LogP) is 13.0. The van der Waals surface area contributed by atoms with Crippen molar-refractivity contribution in [3.05, 3.63) is 168 Å². The second-order valence-corrected chi connectivity index (χ2v) is 13.5. The fraction of sp³-hybridized carbons (Fsp3) is 0. The summed E-state index contributed by atoms with van der Waals surface area (Å²) < 4.78 is 7.16. The first-order valence-electron chi connectivity index (χ1n) is 16.1. The van der Waals surface area contributed by atoms with Gasteiger partial charge in [0.25, 0.3) is 0 Å². The van der Waals surface area contributed by atoms with Crippen LogP contribution < -0.4 is 0 Å². The molecule has 0 aliphatic carbocycles. The van der Waals surface area contributed by atoms with Crippen LogP contribution in [0.25, 0.3) is 96.0 Å². The Balaban J connectivity index is 1.14. The van der Waals surface area contributed by atoms with Crippen LogP contribution in [-0.4, -0.2) is 9.13 Å². The Morgan fingerprint density at radius 1 is 0.388 bits per heavy atom. The van der Waals surface area contributed by atoms with Gasteiger partial charge in [-0.25, -0.2) is 9.69 Å². The van der Waals surface area contributed by atoms with Gasteiger partial charge in [-0.3, -0.25) is 0 Å². The zero-order chi connectivity index (χ0) is 32.6. The van der Waals surface area contributed by atoms with Crippen LogP contribution in [0.2, 0.25) is 0 Å². The first-order valence-corrected chi connectivity index (χ1v) is 16.9. The molecule has 0 saturated heterocycles. The molecule has 0 fully saturated rings. The second kappa shape index (κ2) is 10.4. The SMILES string of the molecule is [C-]#[N+]c1ccc2c(c1)c1cc([N+]#[C-])ccc1n2-c1cccc(-c2ccc3sc4ccc(-n5c6ccccc6c6ccccc65)cc4c3c2)c1. The third kappa shape index (κ3) is 4.07. The zero-order valence-corrected chi connectivity index (χ0v) is 26.9. The van der Waals surface area contributed by atoms with Gasteiger partial charge in [-0.05, 0) is 101 Å². The first kappa shape index (κ1) is 27.5. The van der Waals surface area contributed by atoms with E-state index in [2.05, 4.69) is 128 Å². The molecule has 0 radical (unpaired) electrons. The molecule has 7 aromatic carbocycles. The fourth-order valence-corrected chi connectivity index (χ4v) is 8.59.